The first kappa shape index (κ1) is 14.9. The lowest BCUT2D eigenvalue weighted by Crippen LogP contribution is -2.05. The van der Waals surface area contributed by atoms with Crippen LogP contribution in [0.2, 0.25) is 5.02 Å². The molecule has 0 radical (unpaired) electrons. The average Bonchev–Trinajstić information content (AvgIpc) is 2.40. The fraction of sp³-hybridized carbons (Fsp3) is 0.294. The molecule has 2 aromatic rings. The largest absolute Gasteiger partial charge is 0.493 e. The smallest absolute Gasteiger partial charge is 0.125 e. The van der Waals surface area contributed by atoms with E-state index in [2.05, 4.69) is 0 Å². The van der Waals surface area contributed by atoms with Crippen molar-refractivity contribution in [1.29, 1.82) is 0 Å². The second kappa shape index (κ2) is 6.29. The minimum Gasteiger partial charge on any atom is -0.493 e. The molecule has 0 heterocycles. The van der Waals surface area contributed by atoms with Crippen molar-refractivity contribution in [3.05, 3.63) is 63.7 Å². The Morgan fingerprint density at radius 1 is 1.05 bits per heavy atom. The second-order valence-electron chi connectivity index (χ2n) is 4.90. The predicted molar refractivity (Wildman–Crippen MR) is 82.6 cm³/mol. The summed E-state index contributed by atoms with van der Waals surface area (Å²) in [5, 5.41) is 11.2. The molecule has 3 heteroatoms. The molecule has 0 amide bonds. The van der Waals surface area contributed by atoms with E-state index in [0.717, 1.165) is 16.7 Å². The van der Waals surface area contributed by atoms with Gasteiger partial charge in [-0.25, -0.2) is 0 Å². The van der Waals surface area contributed by atoms with Crippen LogP contribution in [0.25, 0.3) is 0 Å². The number of aryl methyl sites for hydroxylation is 2. The molecular weight excluding hydrogens is 272 g/mol. The Balaban J connectivity index is 2.46. The minimum absolute atomic E-state index is 0.560. The zero-order valence-electron chi connectivity index (χ0n) is 12.0. The summed E-state index contributed by atoms with van der Waals surface area (Å²) in [4.78, 5) is 0. The quantitative estimate of drug-likeness (QED) is 0.902. The molecule has 0 saturated carbocycles. The number of halogens is 1. The van der Waals surface area contributed by atoms with Crippen LogP contribution in [-0.2, 0) is 0 Å². The molecule has 20 heavy (non-hydrogen) atoms. The summed E-state index contributed by atoms with van der Waals surface area (Å²) in [5.74, 6) is 0.697. The standard InChI is InChI=1S/C17H19ClO2/c1-4-20-16-8-6-11(2)9-14(16)17(19)13-7-5-12(3)10-15(13)18/h5-10,17,19H,4H2,1-3H3. The molecule has 1 atom stereocenters. The zero-order valence-corrected chi connectivity index (χ0v) is 12.7. The van der Waals surface area contributed by atoms with Crippen molar-refractivity contribution in [2.75, 3.05) is 6.61 Å². The number of aliphatic hydroxyl groups is 1. The molecule has 0 bridgehead atoms. The lowest BCUT2D eigenvalue weighted by Gasteiger charge is -2.18. The van der Waals surface area contributed by atoms with Gasteiger partial charge in [-0.2, -0.15) is 0 Å². The Kier molecular flexibility index (Phi) is 4.69. The van der Waals surface area contributed by atoms with Crippen LogP contribution in [0.3, 0.4) is 0 Å². The maximum atomic E-state index is 10.6. The van der Waals surface area contributed by atoms with E-state index in [9.17, 15) is 5.11 Å². The molecule has 2 aromatic carbocycles. The van der Waals surface area contributed by atoms with Crippen LogP contribution in [0.4, 0.5) is 0 Å². The number of hydrogen-bond donors (Lipinski definition) is 1. The Morgan fingerprint density at radius 2 is 1.70 bits per heavy atom. The average molecular weight is 291 g/mol. The van der Waals surface area contributed by atoms with Gasteiger partial charge in [-0.05, 0) is 44.5 Å². The highest BCUT2D eigenvalue weighted by molar-refractivity contribution is 6.31. The van der Waals surface area contributed by atoms with E-state index in [-0.39, 0.29) is 0 Å². The summed E-state index contributed by atoms with van der Waals surface area (Å²) in [6.07, 6.45) is -0.787. The number of aliphatic hydroxyl groups excluding tert-OH is 1. The summed E-state index contributed by atoms with van der Waals surface area (Å²) in [6.45, 7) is 6.45. The van der Waals surface area contributed by atoms with Crippen molar-refractivity contribution in [3.8, 4) is 5.75 Å². The Labute approximate surface area is 125 Å². The van der Waals surface area contributed by atoms with E-state index in [0.29, 0.717) is 22.9 Å². The van der Waals surface area contributed by atoms with Crippen molar-refractivity contribution in [2.24, 2.45) is 0 Å². The number of hydrogen-bond acceptors (Lipinski definition) is 2. The Hall–Kier alpha value is -1.51. The first-order chi connectivity index (χ1) is 9.52. The predicted octanol–water partition coefficient (Wildman–Crippen LogP) is 4.44. The highest BCUT2D eigenvalue weighted by Gasteiger charge is 2.18. The SMILES string of the molecule is CCOc1ccc(C)cc1C(O)c1ccc(C)cc1Cl. The fourth-order valence-electron chi connectivity index (χ4n) is 2.19. The van der Waals surface area contributed by atoms with Crippen LogP contribution < -0.4 is 4.74 Å². The van der Waals surface area contributed by atoms with Gasteiger partial charge in [-0.1, -0.05) is 35.4 Å². The van der Waals surface area contributed by atoms with Crippen molar-refractivity contribution in [2.45, 2.75) is 26.9 Å². The molecule has 1 N–H and O–H groups in total. The monoisotopic (exact) mass is 290 g/mol. The molecule has 0 aliphatic rings. The molecule has 0 fully saturated rings. The van der Waals surface area contributed by atoms with E-state index in [1.54, 1.807) is 0 Å². The van der Waals surface area contributed by atoms with E-state index in [1.807, 2.05) is 57.2 Å². The lowest BCUT2D eigenvalue weighted by molar-refractivity contribution is 0.212. The summed E-state index contributed by atoms with van der Waals surface area (Å²) in [6, 6.07) is 11.5. The Morgan fingerprint density at radius 3 is 2.35 bits per heavy atom. The number of ether oxygens (including phenoxy) is 1. The van der Waals surface area contributed by atoms with Gasteiger partial charge in [-0.3, -0.25) is 0 Å². The van der Waals surface area contributed by atoms with Gasteiger partial charge in [0, 0.05) is 16.1 Å². The first-order valence-electron chi connectivity index (χ1n) is 6.70. The fourth-order valence-corrected chi connectivity index (χ4v) is 2.53. The van der Waals surface area contributed by atoms with Gasteiger partial charge in [0.2, 0.25) is 0 Å². The van der Waals surface area contributed by atoms with Gasteiger partial charge in [0.25, 0.3) is 0 Å². The van der Waals surface area contributed by atoms with Crippen LogP contribution in [0.1, 0.15) is 35.3 Å². The van der Waals surface area contributed by atoms with Crippen molar-refractivity contribution in [1.82, 2.24) is 0 Å². The molecule has 0 spiro atoms. The Bertz CT molecular complexity index is 608. The normalized spacial score (nSPS) is 12.2. The van der Waals surface area contributed by atoms with Crippen LogP contribution in [0.15, 0.2) is 36.4 Å². The highest BCUT2D eigenvalue weighted by atomic mass is 35.5. The van der Waals surface area contributed by atoms with Crippen LogP contribution in [-0.4, -0.2) is 11.7 Å². The third kappa shape index (κ3) is 3.14. The van der Waals surface area contributed by atoms with E-state index in [1.165, 1.54) is 0 Å². The van der Waals surface area contributed by atoms with Crippen LogP contribution >= 0.6 is 11.6 Å². The molecule has 0 aliphatic carbocycles. The number of rotatable bonds is 4. The zero-order chi connectivity index (χ0) is 14.7. The summed E-state index contributed by atoms with van der Waals surface area (Å²) < 4.78 is 5.60. The van der Waals surface area contributed by atoms with Crippen molar-refractivity contribution < 1.29 is 9.84 Å². The molecule has 0 aliphatic heterocycles. The molecule has 1 unspecified atom stereocenters. The van der Waals surface area contributed by atoms with Gasteiger partial charge in [-0.15, -0.1) is 0 Å². The maximum Gasteiger partial charge on any atom is 0.125 e. The van der Waals surface area contributed by atoms with Crippen LogP contribution in [0.5, 0.6) is 5.75 Å². The molecule has 0 saturated heterocycles. The molecule has 106 valence electrons. The van der Waals surface area contributed by atoms with E-state index >= 15 is 0 Å². The van der Waals surface area contributed by atoms with Crippen LogP contribution in [0, 0.1) is 13.8 Å². The van der Waals surface area contributed by atoms with Gasteiger partial charge in [0.05, 0.1) is 6.61 Å². The van der Waals surface area contributed by atoms with Crippen molar-refractivity contribution in [3.63, 3.8) is 0 Å². The van der Waals surface area contributed by atoms with Crippen molar-refractivity contribution >= 4 is 11.6 Å². The topological polar surface area (TPSA) is 29.5 Å². The van der Waals surface area contributed by atoms with Gasteiger partial charge in [0.15, 0.2) is 0 Å². The molecular formula is C17H19ClO2. The van der Waals surface area contributed by atoms with Gasteiger partial charge >= 0.3 is 0 Å². The first-order valence-corrected chi connectivity index (χ1v) is 7.08. The van der Waals surface area contributed by atoms with E-state index in [4.69, 9.17) is 16.3 Å². The lowest BCUT2D eigenvalue weighted by atomic mass is 9.98. The molecule has 2 nitrogen and oxygen atoms in total. The third-order valence-corrected chi connectivity index (χ3v) is 3.54. The second-order valence-corrected chi connectivity index (χ2v) is 5.31. The summed E-state index contributed by atoms with van der Waals surface area (Å²) in [7, 11) is 0. The third-order valence-electron chi connectivity index (χ3n) is 3.21. The van der Waals surface area contributed by atoms with Gasteiger partial charge < -0.3 is 9.84 Å². The highest BCUT2D eigenvalue weighted by Crippen LogP contribution is 2.34. The molecule has 2 rings (SSSR count). The summed E-state index contributed by atoms with van der Waals surface area (Å²) in [5.41, 5.74) is 3.59. The minimum atomic E-state index is -0.787. The van der Waals surface area contributed by atoms with E-state index < -0.39 is 6.10 Å². The summed E-state index contributed by atoms with van der Waals surface area (Å²) >= 11 is 6.24. The molecule has 0 aromatic heterocycles. The van der Waals surface area contributed by atoms with Gasteiger partial charge in [0.1, 0.15) is 11.9 Å². The number of benzene rings is 2. The maximum absolute atomic E-state index is 10.6.